The Kier molecular flexibility index (Phi) is 5.64. The predicted molar refractivity (Wildman–Crippen MR) is 78.4 cm³/mol. The lowest BCUT2D eigenvalue weighted by molar-refractivity contribution is 0.180. The maximum atomic E-state index is 5.44. The summed E-state index contributed by atoms with van der Waals surface area (Å²) in [5.41, 5.74) is 2.26. The molecule has 1 aromatic carbocycles. The van der Waals surface area contributed by atoms with Crippen molar-refractivity contribution in [1.82, 2.24) is 10.2 Å². The van der Waals surface area contributed by atoms with Crippen LogP contribution in [0.2, 0.25) is 0 Å². The van der Waals surface area contributed by atoms with Crippen LogP contribution in [0.5, 0.6) is 11.5 Å². The van der Waals surface area contributed by atoms with Crippen LogP contribution in [0.4, 0.5) is 0 Å². The Hall–Kier alpha value is -1.30. The highest BCUT2D eigenvalue weighted by atomic mass is 16.5. The number of benzene rings is 1. The summed E-state index contributed by atoms with van der Waals surface area (Å²) >= 11 is 0. The Morgan fingerprint density at radius 1 is 1.10 bits per heavy atom. The van der Waals surface area contributed by atoms with Crippen molar-refractivity contribution in [1.29, 1.82) is 0 Å². The maximum Gasteiger partial charge on any atom is 0.166 e. The van der Waals surface area contributed by atoms with Gasteiger partial charge in [0.1, 0.15) is 0 Å². The first kappa shape index (κ1) is 15.1. The van der Waals surface area contributed by atoms with Crippen LogP contribution >= 0.6 is 0 Å². The number of piperazine rings is 1. The van der Waals surface area contributed by atoms with E-state index in [0.29, 0.717) is 6.61 Å². The second-order valence-electron chi connectivity index (χ2n) is 4.95. The molecule has 20 heavy (non-hydrogen) atoms. The molecule has 0 spiro atoms. The standard InChI is InChI=1S/C15H24N2O3/c1-18-11-13-8-12(9-14(19-2)15(13)20-3)10-17-6-4-16-5-7-17/h8-9,16H,4-7,10-11H2,1-3H3. The van der Waals surface area contributed by atoms with Crippen molar-refractivity contribution in [2.24, 2.45) is 0 Å². The Balaban J connectivity index is 2.21. The molecule has 0 aliphatic carbocycles. The molecule has 1 fully saturated rings. The minimum Gasteiger partial charge on any atom is -0.493 e. The minimum atomic E-state index is 0.523. The molecule has 0 bridgehead atoms. The molecule has 0 radical (unpaired) electrons. The van der Waals surface area contributed by atoms with Gasteiger partial charge in [0, 0.05) is 45.4 Å². The van der Waals surface area contributed by atoms with Gasteiger partial charge in [0.05, 0.1) is 20.8 Å². The Morgan fingerprint density at radius 3 is 2.45 bits per heavy atom. The van der Waals surface area contributed by atoms with E-state index >= 15 is 0 Å². The molecule has 1 aliphatic heterocycles. The molecule has 1 N–H and O–H groups in total. The van der Waals surface area contributed by atoms with Crippen LogP contribution in [0.1, 0.15) is 11.1 Å². The fraction of sp³-hybridized carbons (Fsp3) is 0.600. The van der Waals surface area contributed by atoms with E-state index in [1.165, 1.54) is 5.56 Å². The van der Waals surface area contributed by atoms with Crippen molar-refractivity contribution < 1.29 is 14.2 Å². The smallest absolute Gasteiger partial charge is 0.166 e. The monoisotopic (exact) mass is 280 g/mol. The van der Waals surface area contributed by atoms with E-state index in [1.807, 2.05) is 0 Å². The highest BCUT2D eigenvalue weighted by molar-refractivity contribution is 5.49. The zero-order chi connectivity index (χ0) is 14.4. The molecule has 0 atom stereocenters. The lowest BCUT2D eigenvalue weighted by Crippen LogP contribution is -2.42. The number of nitrogens with one attached hydrogen (secondary N) is 1. The van der Waals surface area contributed by atoms with Crippen LogP contribution < -0.4 is 14.8 Å². The van der Waals surface area contributed by atoms with Gasteiger partial charge < -0.3 is 19.5 Å². The first-order valence-corrected chi connectivity index (χ1v) is 6.94. The lowest BCUT2D eigenvalue weighted by atomic mass is 10.1. The van der Waals surface area contributed by atoms with Gasteiger partial charge in [0.15, 0.2) is 11.5 Å². The van der Waals surface area contributed by atoms with Crippen LogP contribution in [0, 0.1) is 0 Å². The molecule has 112 valence electrons. The van der Waals surface area contributed by atoms with Gasteiger partial charge >= 0.3 is 0 Å². The third-order valence-electron chi connectivity index (χ3n) is 3.53. The van der Waals surface area contributed by atoms with E-state index < -0.39 is 0 Å². The molecule has 0 amide bonds. The predicted octanol–water partition coefficient (Wildman–Crippen LogP) is 1.26. The van der Waals surface area contributed by atoms with Gasteiger partial charge in [-0.05, 0) is 17.7 Å². The van der Waals surface area contributed by atoms with Crippen LogP contribution in [0.25, 0.3) is 0 Å². The third kappa shape index (κ3) is 3.62. The summed E-state index contributed by atoms with van der Waals surface area (Å²) in [5, 5.41) is 3.37. The lowest BCUT2D eigenvalue weighted by Gasteiger charge is -2.27. The van der Waals surface area contributed by atoms with Crippen molar-refractivity contribution in [3.05, 3.63) is 23.3 Å². The first-order chi connectivity index (χ1) is 9.78. The van der Waals surface area contributed by atoms with E-state index in [9.17, 15) is 0 Å². The van der Waals surface area contributed by atoms with Crippen LogP contribution in [-0.2, 0) is 17.9 Å². The molecule has 1 aromatic rings. The van der Waals surface area contributed by atoms with Gasteiger partial charge in [-0.15, -0.1) is 0 Å². The SMILES string of the molecule is COCc1cc(CN2CCNCC2)cc(OC)c1OC. The molecule has 1 saturated heterocycles. The average molecular weight is 280 g/mol. The number of nitrogens with zero attached hydrogens (tertiary/aromatic N) is 1. The molecule has 0 aromatic heterocycles. The highest BCUT2D eigenvalue weighted by Crippen LogP contribution is 2.33. The Bertz CT molecular complexity index is 431. The summed E-state index contributed by atoms with van der Waals surface area (Å²) in [6.45, 7) is 5.71. The normalized spacial score (nSPS) is 16.1. The molecular weight excluding hydrogens is 256 g/mol. The van der Waals surface area contributed by atoms with E-state index in [1.54, 1.807) is 21.3 Å². The molecule has 5 nitrogen and oxygen atoms in total. The van der Waals surface area contributed by atoms with Crippen molar-refractivity contribution in [3.63, 3.8) is 0 Å². The molecular formula is C15H24N2O3. The molecule has 0 unspecified atom stereocenters. The summed E-state index contributed by atoms with van der Waals surface area (Å²) in [7, 11) is 5.02. The molecule has 5 heteroatoms. The van der Waals surface area contributed by atoms with E-state index in [-0.39, 0.29) is 0 Å². The number of ether oxygens (including phenoxy) is 3. The summed E-state index contributed by atoms with van der Waals surface area (Å²) < 4.78 is 16.1. The summed E-state index contributed by atoms with van der Waals surface area (Å²) in [5.74, 6) is 1.53. The average Bonchev–Trinajstić information content (AvgIpc) is 2.48. The zero-order valence-electron chi connectivity index (χ0n) is 12.6. The Labute approximate surface area is 120 Å². The second kappa shape index (κ2) is 7.47. The third-order valence-corrected chi connectivity index (χ3v) is 3.53. The van der Waals surface area contributed by atoms with E-state index in [4.69, 9.17) is 14.2 Å². The number of methoxy groups -OCH3 is 3. The van der Waals surface area contributed by atoms with Gasteiger partial charge in [-0.3, -0.25) is 4.90 Å². The number of rotatable bonds is 6. The highest BCUT2D eigenvalue weighted by Gasteiger charge is 2.15. The van der Waals surface area contributed by atoms with Crippen LogP contribution in [-0.4, -0.2) is 52.4 Å². The first-order valence-electron chi connectivity index (χ1n) is 6.94. The summed E-state index contributed by atoms with van der Waals surface area (Å²) in [6.07, 6.45) is 0. The Morgan fingerprint density at radius 2 is 1.85 bits per heavy atom. The van der Waals surface area contributed by atoms with E-state index in [2.05, 4.69) is 22.3 Å². The second-order valence-corrected chi connectivity index (χ2v) is 4.95. The molecule has 1 heterocycles. The van der Waals surface area contributed by atoms with Crippen molar-refractivity contribution in [2.45, 2.75) is 13.2 Å². The van der Waals surface area contributed by atoms with Gasteiger partial charge in [0.2, 0.25) is 0 Å². The summed E-state index contributed by atoms with van der Waals surface area (Å²) in [6, 6.07) is 4.20. The van der Waals surface area contributed by atoms with Crippen molar-refractivity contribution in [2.75, 3.05) is 47.5 Å². The maximum absolute atomic E-state index is 5.44. The van der Waals surface area contributed by atoms with Crippen molar-refractivity contribution >= 4 is 0 Å². The topological polar surface area (TPSA) is 43.0 Å². The molecule has 0 saturated carbocycles. The molecule has 2 rings (SSSR count). The van der Waals surface area contributed by atoms with Crippen LogP contribution in [0.15, 0.2) is 12.1 Å². The van der Waals surface area contributed by atoms with Gasteiger partial charge in [0.25, 0.3) is 0 Å². The summed E-state index contributed by atoms with van der Waals surface area (Å²) in [4.78, 5) is 2.44. The largest absolute Gasteiger partial charge is 0.493 e. The molecule has 1 aliphatic rings. The van der Waals surface area contributed by atoms with Gasteiger partial charge in [-0.25, -0.2) is 0 Å². The fourth-order valence-corrected chi connectivity index (χ4v) is 2.59. The van der Waals surface area contributed by atoms with Crippen LogP contribution in [0.3, 0.4) is 0 Å². The minimum absolute atomic E-state index is 0.523. The van der Waals surface area contributed by atoms with E-state index in [0.717, 1.165) is 49.8 Å². The van der Waals surface area contributed by atoms with Gasteiger partial charge in [-0.1, -0.05) is 0 Å². The van der Waals surface area contributed by atoms with Gasteiger partial charge in [-0.2, -0.15) is 0 Å². The zero-order valence-corrected chi connectivity index (χ0v) is 12.6. The van der Waals surface area contributed by atoms with Crippen molar-refractivity contribution in [3.8, 4) is 11.5 Å². The number of hydrogen-bond donors (Lipinski definition) is 1. The fourth-order valence-electron chi connectivity index (χ4n) is 2.59. The number of hydrogen-bond acceptors (Lipinski definition) is 5. The quantitative estimate of drug-likeness (QED) is 0.849.